The van der Waals surface area contributed by atoms with E-state index in [0.29, 0.717) is 21.8 Å². The van der Waals surface area contributed by atoms with Crippen LogP contribution in [-0.2, 0) is 0 Å². The average Bonchev–Trinajstić information content (AvgIpc) is 2.37. The highest BCUT2D eigenvalue weighted by Gasteiger charge is 2.14. The van der Waals surface area contributed by atoms with Crippen LogP contribution in [0.15, 0.2) is 45.3 Å². The molecule has 0 aliphatic rings. The predicted molar refractivity (Wildman–Crippen MR) is 97.1 cm³/mol. The van der Waals surface area contributed by atoms with E-state index in [1.54, 1.807) is 36.4 Å². The number of nitrogens with one attached hydrogen (secondary N) is 1. The second-order valence-electron chi connectivity index (χ2n) is 4.13. The molecule has 0 saturated heterocycles. The molecule has 0 saturated carbocycles. The molecule has 0 aromatic heterocycles. The maximum absolute atomic E-state index is 12.3. The Bertz CT molecular complexity index is 737. The van der Waals surface area contributed by atoms with Gasteiger partial charge in [-0.15, -0.1) is 0 Å². The summed E-state index contributed by atoms with van der Waals surface area (Å²) in [4.78, 5) is 12.5. The number of nitrogens with two attached hydrogens (primary N) is 1. The summed E-state index contributed by atoms with van der Waals surface area (Å²) in [5, 5.41) is 3.13. The third kappa shape index (κ3) is 4.03. The molecule has 7 heteroatoms. The number of amides is 1. The van der Waals surface area contributed by atoms with Gasteiger partial charge in [0.05, 0.1) is 16.3 Å². The first-order chi connectivity index (χ1) is 9.88. The minimum atomic E-state index is -0.330. The smallest absolute Gasteiger partial charge is 0.257 e. The molecule has 1 amide bonds. The summed E-state index contributed by atoms with van der Waals surface area (Å²) in [6.45, 7) is 0. The largest absolute Gasteiger partial charge is 0.389 e. The zero-order chi connectivity index (χ0) is 15.6. The first kappa shape index (κ1) is 16.4. The van der Waals surface area contributed by atoms with Gasteiger partial charge in [0.25, 0.3) is 5.91 Å². The number of thiocarbonyl (C=S) groups is 1. The summed E-state index contributed by atoms with van der Waals surface area (Å²) < 4.78 is 1.61. The Morgan fingerprint density at radius 3 is 2.24 bits per heavy atom. The zero-order valence-electron chi connectivity index (χ0n) is 10.5. The fourth-order valence-electron chi connectivity index (χ4n) is 1.70. The lowest BCUT2D eigenvalue weighted by Crippen LogP contribution is -2.18. The van der Waals surface area contributed by atoms with Crippen LogP contribution < -0.4 is 11.1 Å². The lowest BCUT2D eigenvalue weighted by atomic mass is 10.1. The van der Waals surface area contributed by atoms with Crippen LogP contribution in [0.5, 0.6) is 0 Å². The molecular formula is C14H9Br2ClN2OS. The Morgan fingerprint density at radius 1 is 1.10 bits per heavy atom. The number of carbonyl (C=O) groups is 1. The van der Waals surface area contributed by atoms with E-state index in [-0.39, 0.29) is 10.9 Å². The molecule has 108 valence electrons. The first-order valence-corrected chi connectivity index (χ1v) is 8.11. The van der Waals surface area contributed by atoms with Crippen LogP contribution >= 0.6 is 55.7 Å². The fraction of sp³-hybridized carbons (Fsp3) is 0. The van der Waals surface area contributed by atoms with Crippen LogP contribution in [0, 0.1) is 0 Å². The molecule has 21 heavy (non-hydrogen) atoms. The summed E-state index contributed by atoms with van der Waals surface area (Å²) in [5.74, 6) is -0.330. The van der Waals surface area contributed by atoms with Gasteiger partial charge in [-0.3, -0.25) is 4.79 Å². The standard InChI is InChI=1S/C14H9Br2ClN2OS/c15-7-1-3-9(11(17)5-7)14(20)19-12-6-8(16)2-4-10(12)13(18)21/h1-6H,(H2,18,21)(H,19,20). The van der Waals surface area contributed by atoms with Gasteiger partial charge in [-0.25, -0.2) is 0 Å². The van der Waals surface area contributed by atoms with Gasteiger partial charge in [-0.05, 0) is 36.4 Å². The van der Waals surface area contributed by atoms with Crippen molar-refractivity contribution in [3.05, 3.63) is 61.5 Å². The van der Waals surface area contributed by atoms with Crippen LogP contribution in [0.4, 0.5) is 5.69 Å². The molecule has 0 atom stereocenters. The molecule has 0 bridgehead atoms. The van der Waals surface area contributed by atoms with Gasteiger partial charge in [0.1, 0.15) is 4.99 Å². The minimum Gasteiger partial charge on any atom is -0.389 e. The third-order valence-corrected chi connectivity index (χ3v) is 4.19. The highest BCUT2D eigenvalue weighted by atomic mass is 79.9. The van der Waals surface area contributed by atoms with Crippen molar-refractivity contribution in [2.24, 2.45) is 5.73 Å². The number of hydrogen-bond acceptors (Lipinski definition) is 2. The van der Waals surface area contributed by atoms with E-state index in [1.165, 1.54) is 0 Å². The second-order valence-corrected chi connectivity index (χ2v) is 6.81. The fourth-order valence-corrected chi connectivity index (χ4v) is 3.00. The van der Waals surface area contributed by atoms with Gasteiger partial charge in [0.2, 0.25) is 0 Å². The van der Waals surface area contributed by atoms with E-state index in [4.69, 9.17) is 29.6 Å². The van der Waals surface area contributed by atoms with Gasteiger partial charge in [-0.2, -0.15) is 0 Å². The summed E-state index contributed by atoms with van der Waals surface area (Å²) in [5.41, 5.74) is 7.15. The zero-order valence-corrected chi connectivity index (χ0v) is 15.2. The molecule has 2 aromatic rings. The second kappa shape index (κ2) is 6.87. The Hall–Kier alpha value is -0.950. The molecule has 0 fully saturated rings. The van der Waals surface area contributed by atoms with E-state index in [2.05, 4.69) is 37.2 Å². The average molecular weight is 449 g/mol. The van der Waals surface area contributed by atoms with Crippen molar-refractivity contribution < 1.29 is 4.79 Å². The van der Waals surface area contributed by atoms with E-state index in [1.807, 2.05) is 0 Å². The molecule has 0 unspecified atom stereocenters. The number of benzene rings is 2. The van der Waals surface area contributed by atoms with Crippen molar-refractivity contribution in [1.82, 2.24) is 0 Å². The maximum atomic E-state index is 12.3. The molecule has 0 aliphatic heterocycles. The first-order valence-electron chi connectivity index (χ1n) is 5.74. The topological polar surface area (TPSA) is 55.1 Å². The quantitative estimate of drug-likeness (QED) is 0.666. The SMILES string of the molecule is NC(=S)c1ccc(Br)cc1NC(=O)c1ccc(Br)cc1Cl. The Morgan fingerprint density at radius 2 is 1.67 bits per heavy atom. The normalized spacial score (nSPS) is 10.2. The summed E-state index contributed by atoms with van der Waals surface area (Å²) in [6, 6.07) is 10.3. The van der Waals surface area contributed by atoms with Crippen LogP contribution in [-0.4, -0.2) is 10.9 Å². The number of hydrogen-bond donors (Lipinski definition) is 2. The summed E-state index contributed by atoms with van der Waals surface area (Å²) in [6.07, 6.45) is 0. The van der Waals surface area contributed by atoms with Gasteiger partial charge in [0, 0.05) is 14.5 Å². The van der Waals surface area contributed by atoms with E-state index in [0.717, 1.165) is 8.95 Å². The van der Waals surface area contributed by atoms with Crippen molar-refractivity contribution in [3.63, 3.8) is 0 Å². The van der Waals surface area contributed by atoms with Crippen molar-refractivity contribution in [2.45, 2.75) is 0 Å². The van der Waals surface area contributed by atoms with Gasteiger partial charge >= 0.3 is 0 Å². The number of anilines is 1. The lowest BCUT2D eigenvalue weighted by Gasteiger charge is -2.11. The molecule has 3 N–H and O–H groups in total. The molecule has 0 aliphatic carbocycles. The predicted octanol–water partition coefficient (Wildman–Crippen LogP) is 4.75. The van der Waals surface area contributed by atoms with E-state index >= 15 is 0 Å². The Kier molecular flexibility index (Phi) is 5.37. The molecule has 0 radical (unpaired) electrons. The molecule has 0 spiro atoms. The van der Waals surface area contributed by atoms with Crippen molar-refractivity contribution in [2.75, 3.05) is 5.32 Å². The number of halogens is 3. The van der Waals surface area contributed by atoms with Gasteiger partial charge < -0.3 is 11.1 Å². The van der Waals surface area contributed by atoms with Crippen molar-refractivity contribution in [3.8, 4) is 0 Å². The molecular weight excluding hydrogens is 439 g/mol. The van der Waals surface area contributed by atoms with Gasteiger partial charge in [-0.1, -0.05) is 55.7 Å². The third-order valence-electron chi connectivity index (χ3n) is 2.67. The highest BCUT2D eigenvalue weighted by molar-refractivity contribution is 9.10. The van der Waals surface area contributed by atoms with Crippen LogP contribution in [0.2, 0.25) is 5.02 Å². The Balaban J connectivity index is 2.35. The molecule has 2 aromatic carbocycles. The van der Waals surface area contributed by atoms with Crippen molar-refractivity contribution >= 4 is 72.3 Å². The van der Waals surface area contributed by atoms with E-state index in [9.17, 15) is 4.79 Å². The molecule has 0 heterocycles. The highest BCUT2D eigenvalue weighted by Crippen LogP contribution is 2.25. The molecule has 2 rings (SSSR count). The van der Waals surface area contributed by atoms with E-state index < -0.39 is 0 Å². The molecule has 3 nitrogen and oxygen atoms in total. The number of rotatable bonds is 3. The van der Waals surface area contributed by atoms with Crippen LogP contribution in [0.25, 0.3) is 0 Å². The minimum absolute atomic E-state index is 0.208. The lowest BCUT2D eigenvalue weighted by molar-refractivity contribution is 0.102. The van der Waals surface area contributed by atoms with Crippen LogP contribution in [0.1, 0.15) is 15.9 Å². The van der Waals surface area contributed by atoms with Gasteiger partial charge in [0.15, 0.2) is 0 Å². The van der Waals surface area contributed by atoms with Crippen LogP contribution in [0.3, 0.4) is 0 Å². The summed E-state index contributed by atoms with van der Waals surface area (Å²) >= 11 is 17.7. The maximum Gasteiger partial charge on any atom is 0.257 e. The summed E-state index contributed by atoms with van der Waals surface area (Å²) in [7, 11) is 0. The number of carbonyl (C=O) groups excluding carboxylic acids is 1. The van der Waals surface area contributed by atoms with Crippen molar-refractivity contribution in [1.29, 1.82) is 0 Å². The Labute approximate surface area is 149 Å². The monoisotopic (exact) mass is 446 g/mol.